The van der Waals surface area contributed by atoms with Gasteiger partial charge in [-0.2, -0.15) is 0 Å². The van der Waals surface area contributed by atoms with Gasteiger partial charge < -0.3 is 24.8 Å². The Bertz CT molecular complexity index is 645. The number of ether oxygens (including phenoxy) is 2. The van der Waals surface area contributed by atoms with E-state index in [-0.39, 0.29) is 30.7 Å². The molecule has 144 valence electrons. The first-order valence-corrected chi connectivity index (χ1v) is 8.39. The lowest BCUT2D eigenvalue weighted by atomic mass is 10.1. The van der Waals surface area contributed by atoms with Crippen LogP contribution >= 0.6 is 0 Å². The molecule has 8 heteroatoms. The standard InChI is InChI=1S/C18H26N2O6/c1-5-8-20(10-17(22)23)18(24)13-6-7-14(15(9-13)25-4)26-11-16(21)19-12(2)3/h6-7,9,12H,5,8,10-11H2,1-4H3,(H,19,21)(H,22,23). The zero-order valence-corrected chi connectivity index (χ0v) is 15.6. The van der Waals surface area contributed by atoms with Crippen LogP contribution in [0.4, 0.5) is 0 Å². The highest BCUT2D eigenvalue weighted by atomic mass is 16.5. The largest absolute Gasteiger partial charge is 0.493 e. The Kier molecular flexibility index (Phi) is 8.41. The maximum atomic E-state index is 12.5. The van der Waals surface area contributed by atoms with E-state index in [1.54, 1.807) is 0 Å². The summed E-state index contributed by atoms with van der Waals surface area (Å²) in [7, 11) is 1.42. The van der Waals surface area contributed by atoms with Gasteiger partial charge in [0.25, 0.3) is 11.8 Å². The van der Waals surface area contributed by atoms with Gasteiger partial charge in [0.1, 0.15) is 6.54 Å². The zero-order chi connectivity index (χ0) is 19.7. The Morgan fingerprint density at radius 1 is 1.23 bits per heavy atom. The highest BCUT2D eigenvalue weighted by Gasteiger charge is 2.19. The fraction of sp³-hybridized carbons (Fsp3) is 0.500. The van der Waals surface area contributed by atoms with Gasteiger partial charge in [-0.1, -0.05) is 6.92 Å². The molecule has 2 N–H and O–H groups in total. The average Bonchev–Trinajstić information content (AvgIpc) is 2.57. The van der Waals surface area contributed by atoms with Crippen LogP contribution in [-0.2, 0) is 9.59 Å². The van der Waals surface area contributed by atoms with E-state index in [0.717, 1.165) is 0 Å². The molecular formula is C18H26N2O6. The highest BCUT2D eigenvalue weighted by molar-refractivity contribution is 5.96. The van der Waals surface area contributed by atoms with Crippen LogP contribution in [0.15, 0.2) is 18.2 Å². The zero-order valence-electron chi connectivity index (χ0n) is 15.6. The normalized spacial score (nSPS) is 10.3. The molecule has 0 aliphatic heterocycles. The van der Waals surface area contributed by atoms with E-state index < -0.39 is 11.9 Å². The number of nitrogens with one attached hydrogen (secondary N) is 1. The van der Waals surface area contributed by atoms with Crippen molar-refractivity contribution in [2.75, 3.05) is 26.8 Å². The Labute approximate surface area is 153 Å². The monoisotopic (exact) mass is 366 g/mol. The molecule has 0 bridgehead atoms. The van der Waals surface area contributed by atoms with Gasteiger partial charge in [-0.25, -0.2) is 0 Å². The van der Waals surface area contributed by atoms with Gasteiger partial charge in [0.05, 0.1) is 7.11 Å². The van der Waals surface area contributed by atoms with Crippen molar-refractivity contribution in [2.45, 2.75) is 33.2 Å². The molecule has 0 aliphatic rings. The molecule has 26 heavy (non-hydrogen) atoms. The van der Waals surface area contributed by atoms with E-state index in [2.05, 4.69) is 5.32 Å². The van der Waals surface area contributed by atoms with Crippen molar-refractivity contribution in [3.63, 3.8) is 0 Å². The molecule has 0 fully saturated rings. The van der Waals surface area contributed by atoms with Gasteiger partial charge in [0.15, 0.2) is 18.1 Å². The van der Waals surface area contributed by atoms with Crippen LogP contribution in [0.5, 0.6) is 11.5 Å². The topological polar surface area (TPSA) is 105 Å². The number of benzene rings is 1. The molecule has 0 saturated carbocycles. The number of methoxy groups -OCH3 is 1. The summed E-state index contributed by atoms with van der Waals surface area (Å²) in [6.07, 6.45) is 0.641. The SMILES string of the molecule is CCCN(CC(=O)O)C(=O)c1ccc(OCC(=O)NC(C)C)c(OC)c1. The first-order valence-electron chi connectivity index (χ1n) is 8.39. The number of carboxylic acid groups (broad SMARTS) is 1. The van der Waals surface area contributed by atoms with Crippen LogP contribution in [0, 0.1) is 0 Å². The van der Waals surface area contributed by atoms with Crippen molar-refractivity contribution >= 4 is 17.8 Å². The Hall–Kier alpha value is -2.77. The predicted octanol–water partition coefficient (Wildman–Crippen LogP) is 1.54. The molecule has 8 nitrogen and oxygen atoms in total. The third kappa shape index (κ3) is 6.62. The average molecular weight is 366 g/mol. The van der Waals surface area contributed by atoms with Crippen LogP contribution in [0.25, 0.3) is 0 Å². The van der Waals surface area contributed by atoms with Gasteiger partial charge in [0, 0.05) is 18.2 Å². The van der Waals surface area contributed by atoms with Crippen LogP contribution in [0.2, 0.25) is 0 Å². The molecule has 2 amide bonds. The third-order valence-corrected chi connectivity index (χ3v) is 3.33. The molecule has 0 heterocycles. The first kappa shape index (κ1) is 21.3. The molecular weight excluding hydrogens is 340 g/mol. The van der Waals surface area contributed by atoms with Crippen molar-refractivity contribution in [2.24, 2.45) is 0 Å². The maximum absolute atomic E-state index is 12.5. The molecule has 0 unspecified atom stereocenters. The minimum Gasteiger partial charge on any atom is -0.493 e. The second-order valence-electron chi connectivity index (χ2n) is 6.00. The fourth-order valence-corrected chi connectivity index (χ4v) is 2.29. The lowest BCUT2D eigenvalue weighted by Gasteiger charge is -2.20. The number of rotatable bonds is 10. The van der Waals surface area contributed by atoms with E-state index in [0.29, 0.717) is 24.5 Å². The van der Waals surface area contributed by atoms with E-state index in [1.807, 2.05) is 20.8 Å². The van der Waals surface area contributed by atoms with E-state index in [4.69, 9.17) is 14.6 Å². The van der Waals surface area contributed by atoms with Crippen molar-refractivity contribution in [1.82, 2.24) is 10.2 Å². The molecule has 1 aromatic rings. The molecule has 1 rings (SSSR count). The molecule has 0 spiro atoms. The minimum absolute atomic E-state index is 0.00627. The van der Waals surface area contributed by atoms with Gasteiger partial charge in [0.2, 0.25) is 0 Å². The summed E-state index contributed by atoms with van der Waals surface area (Å²) >= 11 is 0. The second kappa shape index (κ2) is 10.3. The van der Waals surface area contributed by atoms with Gasteiger partial charge in [-0.05, 0) is 38.5 Å². The number of carbonyl (C=O) groups is 3. The number of hydrogen-bond donors (Lipinski definition) is 2. The van der Waals surface area contributed by atoms with Crippen LogP contribution in [0.1, 0.15) is 37.6 Å². The summed E-state index contributed by atoms with van der Waals surface area (Å²) in [5.74, 6) is -1.13. The van der Waals surface area contributed by atoms with Crippen LogP contribution in [0.3, 0.4) is 0 Å². The third-order valence-electron chi connectivity index (χ3n) is 3.33. The van der Waals surface area contributed by atoms with E-state index in [1.165, 1.54) is 30.2 Å². The van der Waals surface area contributed by atoms with Crippen LogP contribution in [-0.4, -0.2) is 60.6 Å². The number of aliphatic carboxylic acids is 1. The van der Waals surface area contributed by atoms with Crippen molar-refractivity contribution in [3.8, 4) is 11.5 Å². The summed E-state index contributed by atoms with van der Waals surface area (Å²) in [5.41, 5.74) is 0.288. The summed E-state index contributed by atoms with van der Waals surface area (Å²) in [4.78, 5) is 36.4. The van der Waals surface area contributed by atoms with E-state index in [9.17, 15) is 14.4 Å². The summed E-state index contributed by atoms with van der Waals surface area (Å²) in [6.45, 7) is 5.34. The van der Waals surface area contributed by atoms with E-state index >= 15 is 0 Å². The van der Waals surface area contributed by atoms with Gasteiger partial charge >= 0.3 is 5.97 Å². The maximum Gasteiger partial charge on any atom is 0.323 e. The number of amides is 2. The van der Waals surface area contributed by atoms with Gasteiger partial charge in [-0.3, -0.25) is 14.4 Å². The Morgan fingerprint density at radius 2 is 1.92 bits per heavy atom. The predicted molar refractivity (Wildman–Crippen MR) is 95.6 cm³/mol. The Balaban J connectivity index is 2.91. The molecule has 1 aromatic carbocycles. The lowest BCUT2D eigenvalue weighted by Crippen LogP contribution is -2.36. The molecule has 0 aromatic heterocycles. The molecule has 0 saturated heterocycles. The highest BCUT2D eigenvalue weighted by Crippen LogP contribution is 2.28. The second-order valence-corrected chi connectivity index (χ2v) is 6.00. The van der Waals surface area contributed by atoms with Crippen LogP contribution < -0.4 is 14.8 Å². The van der Waals surface area contributed by atoms with Crippen molar-refractivity contribution < 1.29 is 29.0 Å². The number of nitrogens with zero attached hydrogens (tertiary/aromatic N) is 1. The fourth-order valence-electron chi connectivity index (χ4n) is 2.29. The summed E-state index contributed by atoms with van der Waals surface area (Å²) in [6, 6.07) is 4.53. The molecule has 0 aliphatic carbocycles. The minimum atomic E-state index is -1.07. The molecule has 0 radical (unpaired) electrons. The number of hydrogen-bond acceptors (Lipinski definition) is 5. The van der Waals surface area contributed by atoms with Crippen molar-refractivity contribution in [1.29, 1.82) is 0 Å². The smallest absolute Gasteiger partial charge is 0.323 e. The quantitative estimate of drug-likeness (QED) is 0.651. The number of carbonyl (C=O) groups excluding carboxylic acids is 2. The molecule has 0 atom stereocenters. The summed E-state index contributed by atoms with van der Waals surface area (Å²) in [5, 5.41) is 11.7. The summed E-state index contributed by atoms with van der Waals surface area (Å²) < 4.78 is 10.7. The van der Waals surface area contributed by atoms with Gasteiger partial charge in [-0.15, -0.1) is 0 Å². The Morgan fingerprint density at radius 3 is 2.46 bits per heavy atom. The number of carboxylic acids is 1. The first-order chi connectivity index (χ1) is 12.3. The van der Waals surface area contributed by atoms with Crippen molar-refractivity contribution in [3.05, 3.63) is 23.8 Å². The lowest BCUT2D eigenvalue weighted by molar-refractivity contribution is -0.137.